The molecule has 4 aliphatic carbocycles. The zero-order valence-electron chi connectivity index (χ0n) is 17.0. The van der Waals surface area contributed by atoms with Crippen molar-refractivity contribution in [3.05, 3.63) is 11.6 Å². The number of ether oxygens (including phenoxy) is 1. The maximum atomic E-state index is 14.0. The van der Waals surface area contributed by atoms with Gasteiger partial charge in [-0.1, -0.05) is 13.8 Å². The Bertz CT molecular complexity index is 773. The van der Waals surface area contributed by atoms with Crippen molar-refractivity contribution in [1.82, 2.24) is 0 Å². The van der Waals surface area contributed by atoms with Crippen LogP contribution in [0, 0.1) is 28.1 Å². The summed E-state index contributed by atoms with van der Waals surface area (Å²) in [5.74, 6) is 0.362. The van der Waals surface area contributed by atoms with Crippen molar-refractivity contribution in [3.8, 4) is 0 Å². The first-order chi connectivity index (χ1) is 13.1. The summed E-state index contributed by atoms with van der Waals surface area (Å²) in [5.41, 5.74) is -0.959. The van der Waals surface area contributed by atoms with Gasteiger partial charge in [-0.05, 0) is 68.8 Å². The third kappa shape index (κ3) is 2.15. The third-order valence-electron chi connectivity index (χ3n) is 9.76. The molecule has 4 saturated carbocycles. The number of ketones is 1. The quantitative estimate of drug-likeness (QED) is 0.675. The highest BCUT2D eigenvalue weighted by Crippen LogP contribution is 2.71. The summed E-state index contributed by atoms with van der Waals surface area (Å²) < 4.78 is 5.15. The molecule has 1 spiro atoms. The van der Waals surface area contributed by atoms with E-state index in [1.165, 1.54) is 0 Å². The number of hydrogen-bond acceptors (Lipinski definition) is 5. The third-order valence-corrected chi connectivity index (χ3v) is 9.76. The highest BCUT2D eigenvalue weighted by atomic mass is 16.5. The number of hydrogen-bond donors (Lipinski definition) is 2. The summed E-state index contributed by atoms with van der Waals surface area (Å²) in [4.78, 5) is 25.6. The van der Waals surface area contributed by atoms with Crippen LogP contribution in [-0.2, 0) is 14.3 Å². The Morgan fingerprint density at radius 3 is 2.54 bits per heavy atom. The maximum absolute atomic E-state index is 14.0. The van der Waals surface area contributed by atoms with Crippen LogP contribution in [0.25, 0.3) is 0 Å². The number of rotatable bonds is 1. The lowest BCUT2D eigenvalue weighted by Crippen LogP contribution is -2.69. The Morgan fingerprint density at radius 1 is 1.04 bits per heavy atom. The number of esters is 1. The highest BCUT2D eigenvalue weighted by molar-refractivity contribution is 5.94. The standard InChI is InChI=1S/C23H32O5/c1-20-6-5-17-21(2)7-3-15(24)12-23(21,27)10-9-22(17,19(20)26)8-4-16(20)14-11-18(25)28-13-14/h11,15-17,24,27H,3-10,12-13H2,1-2H3/t15-,16+,17+,20+,21+,22-,23-/m0/s1. The minimum Gasteiger partial charge on any atom is -0.458 e. The number of aliphatic hydroxyl groups is 2. The van der Waals surface area contributed by atoms with E-state index >= 15 is 0 Å². The van der Waals surface area contributed by atoms with E-state index in [1.54, 1.807) is 6.08 Å². The molecule has 5 rings (SSSR count). The van der Waals surface area contributed by atoms with Crippen LogP contribution in [0.4, 0.5) is 0 Å². The van der Waals surface area contributed by atoms with E-state index in [0.717, 1.165) is 44.1 Å². The number of carbonyl (C=O) groups is 2. The summed E-state index contributed by atoms with van der Waals surface area (Å²) in [7, 11) is 0. The average Bonchev–Trinajstić information content (AvgIpc) is 3.05. The van der Waals surface area contributed by atoms with Gasteiger partial charge in [0, 0.05) is 28.7 Å². The van der Waals surface area contributed by atoms with Crippen molar-refractivity contribution in [2.75, 3.05) is 6.61 Å². The minimum atomic E-state index is -0.861. The van der Waals surface area contributed by atoms with Gasteiger partial charge >= 0.3 is 5.97 Å². The lowest BCUT2D eigenvalue weighted by molar-refractivity contribution is -0.237. The van der Waals surface area contributed by atoms with Gasteiger partial charge < -0.3 is 14.9 Å². The summed E-state index contributed by atoms with van der Waals surface area (Å²) >= 11 is 0. The summed E-state index contributed by atoms with van der Waals surface area (Å²) in [6, 6.07) is 0. The smallest absolute Gasteiger partial charge is 0.331 e. The fourth-order valence-electron chi connectivity index (χ4n) is 8.17. The van der Waals surface area contributed by atoms with Crippen LogP contribution in [0.3, 0.4) is 0 Å². The number of carbonyl (C=O) groups excluding carboxylic acids is 2. The van der Waals surface area contributed by atoms with Crippen LogP contribution >= 0.6 is 0 Å². The van der Waals surface area contributed by atoms with E-state index in [4.69, 9.17) is 4.74 Å². The molecule has 2 N–H and O–H groups in total. The van der Waals surface area contributed by atoms with Crippen molar-refractivity contribution in [3.63, 3.8) is 0 Å². The molecule has 5 heteroatoms. The predicted molar refractivity (Wildman–Crippen MR) is 102 cm³/mol. The van der Waals surface area contributed by atoms with Crippen LogP contribution in [0.2, 0.25) is 0 Å². The van der Waals surface area contributed by atoms with E-state index in [1.807, 2.05) is 0 Å². The summed E-state index contributed by atoms with van der Waals surface area (Å²) in [6.07, 6.45) is 7.96. The van der Waals surface area contributed by atoms with Gasteiger partial charge in [0.15, 0.2) is 0 Å². The topological polar surface area (TPSA) is 83.8 Å². The Labute approximate surface area is 166 Å². The first-order valence-corrected chi connectivity index (χ1v) is 11.0. The van der Waals surface area contributed by atoms with Crippen LogP contribution in [-0.4, -0.2) is 40.3 Å². The summed E-state index contributed by atoms with van der Waals surface area (Å²) in [6.45, 7) is 4.62. The van der Waals surface area contributed by atoms with Gasteiger partial charge in [-0.15, -0.1) is 0 Å². The molecular weight excluding hydrogens is 356 g/mol. The van der Waals surface area contributed by atoms with Gasteiger partial charge in [-0.2, -0.15) is 0 Å². The molecule has 4 fully saturated rings. The number of aliphatic hydroxyl groups excluding tert-OH is 1. The second-order valence-corrected chi connectivity index (χ2v) is 10.8. The van der Waals surface area contributed by atoms with E-state index < -0.39 is 17.1 Å². The van der Waals surface area contributed by atoms with Gasteiger partial charge in [0.05, 0.1) is 11.7 Å². The van der Waals surface area contributed by atoms with Crippen molar-refractivity contribution in [1.29, 1.82) is 0 Å². The molecule has 1 heterocycles. The fourth-order valence-corrected chi connectivity index (χ4v) is 8.17. The van der Waals surface area contributed by atoms with Crippen molar-refractivity contribution in [2.24, 2.45) is 28.1 Å². The van der Waals surface area contributed by atoms with Crippen LogP contribution in [0.15, 0.2) is 11.6 Å². The molecule has 0 radical (unpaired) electrons. The molecule has 0 aromatic carbocycles. The highest BCUT2D eigenvalue weighted by Gasteiger charge is 2.70. The van der Waals surface area contributed by atoms with Crippen LogP contribution in [0.5, 0.6) is 0 Å². The van der Waals surface area contributed by atoms with Gasteiger partial charge in [-0.3, -0.25) is 4.79 Å². The molecule has 5 aliphatic rings. The molecule has 5 nitrogen and oxygen atoms in total. The Morgan fingerprint density at radius 2 is 1.82 bits per heavy atom. The normalized spacial score (nSPS) is 53.1. The van der Waals surface area contributed by atoms with E-state index in [0.29, 0.717) is 31.7 Å². The molecule has 1 aliphatic heterocycles. The molecule has 0 saturated heterocycles. The van der Waals surface area contributed by atoms with Gasteiger partial charge in [0.1, 0.15) is 12.4 Å². The molecular formula is C23H32O5. The fraction of sp³-hybridized carbons (Fsp3) is 0.826. The number of cyclic esters (lactones) is 1. The van der Waals surface area contributed by atoms with E-state index in [-0.39, 0.29) is 28.6 Å². The number of fused-ring (bicyclic) bond motifs is 3. The average molecular weight is 389 g/mol. The van der Waals surface area contributed by atoms with E-state index in [9.17, 15) is 19.8 Å². The summed E-state index contributed by atoms with van der Waals surface area (Å²) in [5, 5.41) is 21.7. The molecule has 0 aromatic rings. The lowest BCUT2D eigenvalue weighted by atomic mass is 9.36. The Kier molecular flexibility index (Phi) is 3.82. The van der Waals surface area contributed by atoms with Crippen molar-refractivity contribution in [2.45, 2.75) is 83.3 Å². The predicted octanol–water partition coefficient (Wildman–Crippen LogP) is 2.93. The minimum absolute atomic E-state index is 0.0971. The van der Waals surface area contributed by atoms with Gasteiger partial charge in [0.25, 0.3) is 0 Å². The van der Waals surface area contributed by atoms with Crippen LogP contribution in [0.1, 0.15) is 71.6 Å². The second kappa shape index (κ2) is 5.69. The van der Waals surface area contributed by atoms with Crippen molar-refractivity contribution >= 4 is 11.8 Å². The zero-order valence-corrected chi connectivity index (χ0v) is 17.0. The van der Waals surface area contributed by atoms with Gasteiger partial charge in [0.2, 0.25) is 0 Å². The molecule has 0 unspecified atom stereocenters. The first kappa shape index (κ1) is 18.8. The number of Topliss-reactive ketones (excluding diaryl/α,β-unsaturated/α-hetero) is 1. The largest absolute Gasteiger partial charge is 0.458 e. The molecule has 0 amide bonds. The molecule has 7 atom stereocenters. The monoisotopic (exact) mass is 388 g/mol. The molecule has 2 bridgehead atoms. The maximum Gasteiger partial charge on any atom is 0.331 e. The Balaban J connectivity index is 1.52. The molecule has 154 valence electrons. The zero-order chi connectivity index (χ0) is 19.9. The molecule has 28 heavy (non-hydrogen) atoms. The SMILES string of the molecule is C[C@@]12CC[C@H]3[C@](CC[C@@H]1C1=CC(=O)OC1)(CC[C@]1(O)C[C@@H](O)CC[C@]31C)C2=O. The van der Waals surface area contributed by atoms with Crippen molar-refractivity contribution < 1.29 is 24.5 Å². The second-order valence-electron chi connectivity index (χ2n) is 10.8. The Hall–Kier alpha value is -1.20. The molecule has 0 aromatic heterocycles. The first-order valence-electron chi connectivity index (χ1n) is 11.0. The van der Waals surface area contributed by atoms with Crippen LogP contribution < -0.4 is 0 Å². The van der Waals surface area contributed by atoms with Gasteiger partial charge in [-0.25, -0.2) is 4.79 Å². The van der Waals surface area contributed by atoms with E-state index in [2.05, 4.69) is 13.8 Å². The lowest BCUT2D eigenvalue weighted by Gasteiger charge is -2.68.